The number of anilines is 1. The van der Waals surface area contributed by atoms with Gasteiger partial charge in [-0.25, -0.2) is 0 Å². The predicted molar refractivity (Wildman–Crippen MR) is 93.1 cm³/mol. The lowest BCUT2D eigenvalue weighted by Crippen LogP contribution is -3.08. The molecule has 25 heavy (non-hydrogen) atoms. The molecule has 6 heteroatoms. The molecule has 134 valence electrons. The Hall–Kier alpha value is -2.47. The van der Waals surface area contributed by atoms with E-state index in [0.717, 1.165) is 21.7 Å². The van der Waals surface area contributed by atoms with Crippen LogP contribution in [0.1, 0.15) is 16.7 Å². The molecule has 2 rings (SSSR count). The van der Waals surface area contributed by atoms with Crippen molar-refractivity contribution in [3.63, 3.8) is 0 Å². The van der Waals surface area contributed by atoms with Crippen LogP contribution in [0.4, 0.5) is 14.5 Å². The zero-order valence-corrected chi connectivity index (χ0v) is 14.6. The van der Waals surface area contributed by atoms with Crippen molar-refractivity contribution in [2.45, 2.75) is 27.0 Å². The van der Waals surface area contributed by atoms with Crippen molar-refractivity contribution in [1.82, 2.24) is 0 Å². The summed E-state index contributed by atoms with van der Waals surface area (Å²) in [6.07, 6.45) is 0. The Morgan fingerprint density at radius 3 is 2.40 bits per heavy atom. The third-order valence-electron chi connectivity index (χ3n) is 3.91. The van der Waals surface area contributed by atoms with Gasteiger partial charge in [-0.1, -0.05) is 6.07 Å². The molecule has 0 fully saturated rings. The van der Waals surface area contributed by atoms with Gasteiger partial charge in [0.05, 0.1) is 7.05 Å². The van der Waals surface area contributed by atoms with Crippen LogP contribution < -0.4 is 15.0 Å². The molecule has 0 aromatic heterocycles. The monoisotopic (exact) mass is 349 g/mol. The number of hydrogen-bond acceptors (Lipinski definition) is 2. The van der Waals surface area contributed by atoms with Gasteiger partial charge in [0.1, 0.15) is 12.3 Å². The van der Waals surface area contributed by atoms with Crippen LogP contribution in [0.25, 0.3) is 0 Å². The molecule has 0 bridgehead atoms. The Morgan fingerprint density at radius 1 is 1.12 bits per heavy atom. The van der Waals surface area contributed by atoms with E-state index in [4.69, 9.17) is 0 Å². The van der Waals surface area contributed by atoms with Crippen LogP contribution in [0.2, 0.25) is 0 Å². The number of amides is 1. The fourth-order valence-corrected chi connectivity index (χ4v) is 2.50. The molecule has 1 atom stereocenters. The maximum atomic E-state index is 12.1. The molecule has 1 amide bonds. The van der Waals surface area contributed by atoms with E-state index in [1.54, 1.807) is 12.1 Å². The number of alkyl halides is 2. The van der Waals surface area contributed by atoms with E-state index < -0.39 is 6.61 Å². The summed E-state index contributed by atoms with van der Waals surface area (Å²) in [5, 5.41) is 2.89. The number of carbonyl (C=O) groups excluding carboxylic acids is 1. The Labute approximate surface area is 146 Å². The lowest BCUT2D eigenvalue weighted by molar-refractivity contribution is -0.885. The molecule has 2 aromatic rings. The Bertz CT molecular complexity index is 718. The van der Waals surface area contributed by atoms with E-state index in [2.05, 4.69) is 10.1 Å². The quantitative estimate of drug-likeness (QED) is 0.807. The maximum absolute atomic E-state index is 12.1. The number of rotatable bonds is 7. The smallest absolute Gasteiger partial charge is 0.387 e. The molecular weight excluding hydrogens is 326 g/mol. The summed E-state index contributed by atoms with van der Waals surface area (Å²) < 4.78 is 28.6. The number of likely N-dealkylation sites (N-methyl/N-ethyl adjacent to an activating group) is 1. The second kappa shape index (κ2) is 8.58. The number of quaternary nitrogens is 1. The molecule has 2 N–H and O–H groups in total. The molecule has 0 aliphatic heterocycles. The standard InChI is InChI=1S/C19H22F2N2O2/c1-13-4-7-16(10-14(13)2)22-18(24)12-23(3)11-15-5-8-17(9-6-15)25-19(20)21/h4-10,19H,11-12H2,1-3H3,(H,22,24)/p+1. The summed E-state index contributed by atoms with van der Waals surface area (Å²) in [6.45, 7) is 2.12. The highest BCUT2D eigenvalue weighted by atomic mass is 19.3. The molecule has 0 spiro atoms. The van der Waals surface area contributed by atoms with Crippen LogP contribution in [-0.4, -0.2) is 26.1 Å². The van der Waals surface area contributed by atoms with Gasteiger partial charge in [-0.05, 0) is 61.4 Å². The number of benzene rings is 2. The third kappa shape index (κ3) is 6.15. The molecule has 0 radical (unpaired) electrons. The first-order valence-electron chi connectivity index (χ1n) is 8.05. The van der Waals surface area contributed by atoms with Crippen LogP contribution in [-0.2, 0) is 11.3 Å². The van der Waals surface area contributed by atoms with E-state index in [-0.39, 0.29) is 11.7 Å². The molecule has 0 aliphatic rings. The van der Waals surface area contributed by atoms with Gasteiger partial charge in [-0.2, -0.15) is 8.78 Å². The summed E-state index contributed by atoms with van der Waals surface area (Å²) >= 11 is 0. The van der Waals surface area contributed by atoms with E-state index in [1.165, 1.54) is 17.7 Å². The minimum Gasteiger partial charge on any atom is -0.435 e. The van der Waals surface area contributed by atoms with Crippen LogP contribution in [0.5, 0.6) is 5.75 Å². The summed E-state index contributed by atoms with van der Waals surface area (Å²) in [5.41, 5.74) is 4.04. The molecule has 0 aliphatic carbocycles. The van der Waals surface area contributed by atoms with Gasteiger partial charge < -0.3 is 15.0 Å². The molecule has 0 heterocycles. The highest BCUT2D eigenvalue weighted by Crippen LogP contribution is 2.15. The average molecular weight is 349 g/mol. The summed E-state index contributed by atoms with van der Waals surface area (Å²) in [7, 11) is 1.91. The van der Waals surface area contributed by atoms with Crippen molar-refractivity contribution >= 4 is 11.6 Å². The van der Waals surface area contributed by atoms with Gasteiger partial charge in [0.15, 0.2) is 6.54 Å². The van der Waals surface area contributed by atoms with Crippen LogP contribution in [0.15, 0.2) is 42.5 Å². The Morgan fingerprint density at radius 2 is 1.80 bits per heavy atom. The van der Waals surface area contributed by atoms with Gasteiger partial charge in [-0.3, -0.25) is 4.79 Å². The highest BCUT2D eigenvalue weighted by molar-refractivity contribution is 5.91. The fourth-order valence-electron chi connectivity index (χ4n) is 2.50. The highest BCUT2D eigenvalue weighted by Gasteiger charge is 2.12. The van der Waals surface area contributed by atoms with Gasteiger partial charge >= 0.3 is 6.61 Å². The van der Waals surface area contributed by atoms with Crippen LogP contribution in [0.3, 0.4) is 0 Å². The zero-order valence-electron chi connectivity index (χ0n) is 14.6. The zero-order chi connectivity index (χ0) is 18.4. The third-order valence-corrected chi connectivity index (χ3v) is 3.91. The van der Waals surface area contributed by atoms with Gasteiger partial charge in [0.2, 0.25) is 0 Å². The topological polar surface area (TPSA) is 42.8 Å². The molecular formula is C19H23F2N2O2+. The van der Waals surface area contributed by atoms with Crippen molar-refractivity contribution in [2.75, 3.05) is 18.9 Å². The second-order valence-electron chi connectivity index (χ2n) is 6.18. The van der Waals surface area contributed by atoms with E-state index in [0.29, 0.717) is 13.1 Å². The second-order valence-corrected chi connectivity index (χ2v) is 6.18. The first kappa shape index (κ1) is 18.9. The van der Waals surface area contributed by atoms with E-state index >= 15 is 0 Å². The first-order chi connectivity index (χ1) is 11.8. The lowest BCUT2D eigenvalue weighted by atomic mass is 10.1. The molecule has 4 nitrogen and oxygen atoms in total. The Kier molecular flexibility index (Phi) is 6.47. The first-order valence-corrected chi connectivity index (χ1v) is 8.05. The predicted octanol–water partition coefficient (Wildman–Crippen LogP) is 2.56. The fraction of sp³-hybridized carbons (Fsp3) is 0.316. The normalized spacial score (nSPS) is 12.1. The summed E-state index contributed by atoms with van der Waals surface area (Å²) in [6, 6.07) is 12.3. The summed E-state index contributed by atoms with van der Waals surface area (Å²) in [4.78, 5) is 13.1. The molecule has 0 saturated carbocycles. The van der Waals surface area contributed by atoms with Gasteiger partial charge in [-0.15, -0.1) is 0 Å². The number of hydrogen-bond donors (Lipinski definition) is 2. The van der Waals surface area contributed by atoms with E-state index in [1.807, 2.05) is 39.1 Å². The SMILES string of the molecule is Cc1ccc(NC(=O)C[NH+](C)Cc2ccc(OC(F)F)cc2)cc1C. The minimum atomic E-state index is -2.83. The van der Waals surface area contributed by atoms with Crippen molar-refractivity contribution in [3.05, 3.63) is 59.2 Å². The van der Waals surface area contributed by atoms with E-state index in [9.17, 15) is 13.6 Å². The number of halogens is 2. The number of nitrogens with one attached hydrogen (secondary N) is 2. The minimum absolute atomic E-state index is 0.0709. The molecule has 0 saturated heterocycles. The average Bonchev–Trinajstić information content (AvgIpc) is 2.52. The van der Waals surface area contributed by atoms with Gasteiger partial charge in [0.25, 0.3) is 5.91 Å². The summed E-state index contributed by atoms with van der Waals surface area (Å²) in [5.74, 6) is 0.0577. The molecule has 1 unspecified atom stereocenters. The van der Waals surface area contributed by atoms with Crippen molar-refractivity contribution in [2.24, 2.45) is 0 Å². The number of ether oxygens (including phenoxy) is 1. The maximum Gasteiger partial charge on any atom is 0.387 e. The number of carbonyl (C=O) groups is 1. The van der Waals surface area contributed by atoms with Crippen molar-refractivity contribution in [1.29, 1.82) is 0 Å². The lowest BCUT2D eigenvalue weighted by Gasteiger charge is -2.14. The Balaban J connectivity index is 1.85. The van der Waals surface area contributed by atoms with Crippen LogP contribution >= 0.6 is 0 Å². The van der Waals surface area contributed by atoms with Gasteiger partial charge in [0, 0.05) is 11.3 Å². The van der Waals surface area contributed by atoms with Crippen molar-refractivity contribution < 1.29 is 23.2 Å². The molecule has 2 aromatic carbocycles. The van der Waals surface area contributed by atoms with Crippen LogP contribution in [0, 0.1) is 13.8 Å². The van der Waals surface area contributed by atoms with Crippen molar-refractivity contribution in [3.8, 4) is 5.75 Å². The number of aryl methyl sites for hydroxylation is 2. The largest absolute Gasteiger partial charge is 0.435 e.